The number of carbonyl (C=O) groups is 1. The highest BCUT2D eigenvalue weighted by molar-refractivity contribution is 5.94. The molecule has 5 nitrogen and oxygen atoms in total. The molecule has 5 heteroatoms. The predicted molar refractivity (Wildman–Crippen MR) is 97.9 cm³/mol. The van der Waals surface area contributed by atoms with Gasteiger partial charge in [0, 0.05) is 37.2 Å². The quantitative estimate of drug-likeness (QED) is 0.712. The van der Waals surface area contributed by atoms with Gasteiger partial charge in [-0.05, 0) is 41.8 Å². The molecule has 0 fully saturated rings. The molecule has 0 bridgehead atoms. The lowest BCUT2D eigenvalue weighted by Gasteiger charge is -2.23. The third-order valence-electron chi connectivity index (χ3n) is 4.11. The van der Waals surface area contributed by atoms with E-state index in [9.17, 15) is 4.79 Å². The van der Waals surface area contributed by atoms with Crippen molar-refractivity contribution in [3.05, 3.63) is 72.2 Å². The van der Waals surface area contributed by atoms with Crippen molar-refractivity contribution in [2.75, 3.05) is 6.54 Å². The Bertz CT molecular complexity index is 782. The molecule has 0 atom stereocenters. The molecule has 2 aromatic heterocycles. The van der Waals surface area contributed by atoms with Crippen LogP contribution in [0.15, 0.2) is 61.1 Å². The molecule has 0 aliphatic heterocycles. The molecule has 2 heterocycles. The third kappa shape index (κ3) is 4.32. The molecule has 0 spiro atoms. The van der Waals surface area contributed by atoms with Gasteiger partial charge >= 0.3 is 0 Å². The zero-order valence-electron chi connectivity index (χ0n) is 14.4. The summed E-state index contributed by atoms with van der Waals surface area (Å²) in [6, 6.07) is 13.5. The maximum atomic E-state index is 12.9. The number of nitrogens with zero attached hydrogens (tertiary/aromatic N) is 3. The van der Waals surface area contributed by atoms with E-state index >= 15 is 0 Å². The van der Waals surface area contributed by atoms with Crippen molar-refractivity contribution < 1.29 is 4.79 Å². The lowest BCUT2D eigenvalue weighted by atomic mass is 10.1. The molecule has 1 N–H and O–H groups in total. The zero-order chi connectivity index (χ0) is 17.5. The molecule has 0 aliphatic rings. The molecule has 25 heavy (non-hydrogen) atoms. The standard InChI is InChI=1S/C20H22N4O/c1-2-3-13-24(15-16-5-4-11-21-14-16)20(25)18-8-6-17(7-9-18)19-10-12-22-23-19/h4-12,14H,2-3,13,15H2,1H3,(H,22,23). The van der Waals surface area contributed by atoms with Gasteiger partial charge in [-0.15, -0.1) is 0 Å². The van der Waals surface area contributed by atoms with Gasteiger partial charge in [0.25, 0.3) is 5.91 Å². The number of H-pyrrole nitrogens is 1. The van der Waals surface area contributed by atoms with E-state index in [1.807, 2.05) is 53.6 Å². The van der Waals surface area contributed by atoms with E-state index in [0.29, 0.717) is 12.1 Å². The van der Waals surface area contributed by atoms with Crippen LogP contribution in [0.3, 0.4) is 0 Å². The Morgan fingerprint density at radius 3 is 2.60 bits per heavy atom. The highest BCUT2D eigenvalue weighted by atomic mass is 16.2. The van der Waals surface area contributed by atoms with Gasteiger partial charge in [0.2, 0.25) is 0 Å². The summed E-state index contributed by atoms with van der Waals surface area (Å²) in [7, 11) is 0. The Kier molecular flexibility index (Phi) is 5.57. The summed E-state index contributed by atoms with van der Waals surface area (Å²) in [6.07, 6.45) is 7.31. The second-order valence-electron chi connectivity index (χ2n) is 5.99. The Morgan fingerprint density at radius 1 is 1.12 bits per heavy atom. The summed E-state index contributed by atoms with van der Waals surface area (Å²) in [5, 5.41) is 6.89. The van der Waals surface area contributed by atoms with Crippen LogP contribution in [-0.4, -0.2) is 32.5 Å². The van der Waals surface area contributed by atoms with Gasteiger partial charge < -0.3 is 4.90 Å². The van der Waals surface area contributed by atoms with Crippen LogP contribution in [0.4, 0.5) is 0 Å². The SMILES string of the molecule is CCCCN(Cc1cccnc1)C(=O)c1ccc(-c2ccn[nH]2)cc1. The van der Waals surface area contributed by atoms with Crippen molar-refractivity contribution in [2.45, 2.75) is 26.3 Å². The van der Waals surface area contributed by atoms with Crippen LogP contribution in [0.1, 0.15) is 35.7 Å². The molecule has 1 aromatic carbocycles. The lowest BCUT2D eigenvalue weighted by molar-refractivity contribution is 0.0740. The summed E-state index contributed by atoms with van der Waals surface area (Å²) in [5.41, 5.74) is 3.70. The minimum atomic E-state index is 0.0495. The molecule has 3 aromatic rings. The minimum Gasteiger partial charge on any atom is -0.334 e. The van der Waals surface area contributed by atoms with Crippen molar-refractivity contribution in [2.24, 2.45) is 0 Å². The first-order valence-corrected chi connectivity index (χ1v) is 8.56. The van der Waals surface area contributed by atoms with Crippen molar-refractivity contribution in [1.82, 2.24) is 20.1 Å². The van der Waals surface area contributed by atoms with Crippen molar-refractivity contribution >= 4 is 5.91 Å². The Hall–Kier alpha value is -2.95. The monoisotopic (exact) mass is 334 g/mol. The number of rotatable bonds is 7. The maximum Gasteiger partial charge on any atom is 0.254 e. The van der Waals surface area contributed by atoms with E-state index in [0.717, 1.165) is 36.2 Å². The fraction of sp³-hybridized carbons (Fsp3) is 0.250. The van der Waals surface area contributed by atoms with Crippen LogP contribution < -0.4 is 0 Å². The molecule has 0 saturated carbocycles. The summed E-state index contributed by atoms with van der Waals surface area (Å²) in [5.74, 6) is 0.0495. The van der Waals surface area contributed by atoms with E-state index in [4.69, 9.17) is 0 Å². The number of hydrogen-bond donors (Lipinski definition) is 1. The van der Waals surface area contributed by atoms with Crippen LogP contribution in [0.5, 0.6) is 0 Å². The second kappa shape index (κ2) is 8.24. The number of pyridine rings is 1. The van der Waals surface area contributed by atoms with E-state index in [1.54, 1.807) is 12.4 Å². The molecule has 3 rings (SSSR count). The fourth-order valence-electron chi connectivity index (χ4n) is 2.71. The Labute approximate surface area is 147 Å². The summed E-state index contributed by atoms with van der Waals surface area (Å²) in [4.78, 5) is 19.0. The van der Waals surface area contributed by atoms with Crippen molar-refractivity contribution in [3.8, 4) is 11.3 Å². The first-order valence-electron chi connectivity index (χ1n) is 8.56. The van der Waals surface area contributed by atoms with Crippen molar-refractivity contribution in [1.29, 1.82) is 0 Å². The average molecular weight is 334 g/mol. The van der Waals surface area contributed by atoms with Gasteiger partial charge in [-0.25, -0.2) is 0 Å². The number of unbranched alkanes of at least 4 members (excludes halogenated alkanes) is 1. The number of aromatic nitrogens is 3. The predicted octanol–water partition coefficient (Wildman–Crippen LogP) is 3.91. The first-order chi connectivity index (χ1) is 12.3. The first kappa shape index (κ1) is 16.9. The number of carbonyl (C=O) groups excluding carboxylic acids is 1. The molecule has 1 amide bonds. The maximum absolute atomic E-state index is 12.9. The van der Waals surface area contributed by atoms with Crippen LogP contribution >= 0.6 is 0 Å². The number of amides is 1. The number of aromatic amines is 1. The normalized spacial score (nSPS) is 10.6. The topological polar surface area (TPSA) is 61.9 Å². The Morgan fingerprint density at radius 2 is 1.96 bits per heavy atom. The molecular weight excluding hydrogens is 312 g/mol. The third-order valence-corrected chi connectivity index (χ3v) is 4.11. The largest absolute Gasteiger partial charge is 0.334 e. The number of nitrogens with one attached hydrogen (secondary N) is 1. The van der Waals surface area contributed by atoms with Gasteiger partial charge in [0.15, 0.2) is 0 Å². The summed E-state index contributed by atoms with van der Waals surface area (Å²) < 4.78 is 0. The van der Waals surface area contributed by atoms with Crippen LogP contribution in [0.2, 0.25) is 0 Å². The van der Waals surface area contributed by atoms with Crippen LogP contribution in [0, 0.1) is 0 Å². The lowest BCUT2D eigenvalue weighted by Crippen LogP contribution is -2.31. The fourth-order valence-corrected chi connectivity index (χ4v) is 2.71. The minimum absolute atomic E-state index is 0.0495. The van der Waals surface area contributed by atoms with Gasteiger partial charge in [-0.1, -0.05) is 31.5 Å². The van der Waals surface area contributed by atoms with Crippen LogP contribution in [0.25, 0.3) is 11.3 Å². The van der Waals surface area contributed by atoms with Gasteiger partial charge in [0.05, 0.1) is 5.69 Å². The van der Waals surface area contributed by atoms with E-state index in [-0.39, 0.29) is 5.91 Å². The van der Waals surface area contributed by atoms with E-state index in [2.05, 4.69) is 22.1 Å². The molecule has 0 aliphatic carbocycles. The van der Waals surface area contributed by atoms with Crippen molar-refractivity contribution in [3.63, 3.8) is 0 Å². The summed E-state index contributed by atoms with van der Waals surface area (Å²) >= 11 is 0. The molecule has 0 unspecified atom stereocenters. The van der Waals surface area contributed by atoms with E-state index < -0.39 is 0 Å². The highest BCUT2D eigenvalue weighted by Gasteiger charge is 2.16. The highest BCUT2D eigenvalue weighted by Crippen LogP contribution is 2.18. The Balaban J connectivity index is 1.76. The van der Waals surface area contributed by atoms with Crippen LogP contribution in [-0.2, 0) is 6.54 Å². The van der Waals surface area contributed by atoms with Gasteiger partial charge in [-0.2, -0.15) is 5.10 Å². The second-order valence-corrected chi connectivity index (χ2v) is 5.99. The van der Waals surface area contributed by atoms with Gasteiger partial charge in [0.1, 0.15) is 0 Å². The number of hydrogen-bond acceptors (Lipinski definition) is 3. The average Bonchev–Trinajstić information content (AvgIpc) is 3.20. The molecule has 128 valence electrons. The zero-order valence-corrected chi connectivity index (χ0v) is 14.4. The smallest absolute Gasteiger partial charge is 0.254 e. The van der Waals surface area contributed by atoms with E-state index in [1.165, 1.54) is 0 Å². The molecular formula is C20H22N4O. The summed E-state index contributed by atoms with van der Waals surface area (Å²) in [6.45, 7) is 3.45. The molecule has 0 saturated heterocycles. The van der Waals surface area contributed by atoms with Gasteiger partial charge in [-0.3, -0.25) is 14.9 Å². The number of benzene rings is 1. The molecule has 0 radical (unpaired) electrons.